The number of azide groups is 1. The van der Waals surface area contributed by atoms with Gasteiger partial charge in [0.05, 0.1) is 0 Å². The molecule has 0 aromatic carbocycles. The van der Waals surface area contributed by atoms with Gasteiger partial charge in [0.25, 0.3) is 0 Å². The van der Waals surface area contributed by atoms with Crippen LogP contribution in [0, 0.1) is 5.41 Å². The average molecular weight is 193 g/mol. The molecular formula is C11H19N3. The van der Waals surface area contributed by atoms with Crippen LogP contribution in [0.2, 0.25) is 0 Å². The molecule has 0 bridgehead atoms. The van der Waals surface area contributed by atoms with E-state index in [-0.39, 0.29) is 0 Å². The summed E-state index contributed by atoms with van der Waals surface area (Å²) < 4.78 is 0. The molecule has 0 aliphatic heterocycles. The second kappa shape index (κ2) is 4.52. The SMILES string of the molecule is CC1=C(CCN=[N+]=[N-])C(C)(C)CCC1. The molecule has 1 aliphatic carbocycles. The lowest BCUT2D eigenvalue weighted by Crippen LogP contribution is -2.20. The van der Waals surface area contributed by atoms with Gasteiger partial charge in [-0.25, -0.2) is 0 Å². The number of hydrogen-bond acceptors (Lipinski definition) is 1. The number of nitrogens with zero attached hydrogens (tertiary/aromatic N) is 3. The van der Waals surface area contributed by atoms with Gasteiger partial charge in [-0.3, -0.25) is 0 Å². The highest BCUT2D eigenvalue weighted by molar-refractivity contribution is 5.22. The third-order valence-corrected chi connectivity index (χ3v) is 3.21. The van der Waals surface area contributed by atoms with Crippen LogP contribution in [0.4, 0.5) is 0 Å². The molecule has 3 nitrogen and oxygen atoms in total. The normalized spacial score (nSPS) is 20.5. The second-order valence-corrected chi connectivity index (χ2v) is 4.70. The van der Waals surface area contributed by atoms with Crippen molar-refractivity contribution in [1.82, 2.24) is 0 Å². The first kappa shape index (κ1) is 11.1. The van der Waals surface area contributed by atoms with Crippen LogP contribution in [-0.2, 0) is 0 Å². The molecule has 0 N–H and O–H groups in total. The van der Waals surface area contributed by atoms with Crippen molar-refractivity contribution in [2.75, 3.05) is 6.54 Å². The third kappa shape index (κ3) is 2.52. The van der Waals surface area contributed by atoms with Gasteiger partial charge in [-0.2, -0.15) is 0 Å². The minimum absolute atomic E-state index is 0.313. The summed E-state index contributed by atoms with van der Waals surface area (Å²) in [5, 5.41) is 3.61. The zero-order valence-corrected chi connectivity index (χ0v) is 9.38. The maximum Gasteiger partial charge on any atom is 0.0295 e. The van der Waals surface area contributed by atoms with Crippen molar-refractivity contribution in [3.05, 3.63) is 21.6 Å². The summed E-state index contributed by atoms with van der Waals surface area (Å²) in [6.45, 7) is 7.40. The number of hydrogen-bond donors (Lipinski definition) is 0. The van der Waals surface area contributed by atoms with Crippen LogP contribution in [0.15, 0.2) is 16.3 Å². The lowest BCUT2D eigenvalue weighted by atomic mass is 9.71. The molecule has 0 fully saturated rings. The summed E-state index contributed by atoms with van der Waals surface area (Å²) in [6, 6.07) is 0. The fourth-order valence-corrected chi connectivity index (χ4v) is 2.43. The van der Waals surface area contributed by atoms with Crippen molar-refractivity contribution in [3.8, 4) is 0 Å². The van der Waals surface area contributed by atoms with Crippen LogP contribution in [0.5, 0.6) is 0 Å². The monoisotopic (exact) mass is 193 g/mol. The highest BCUT2D eigenvalue weighted by Gasteiger charge is 2.27. The van der Waals surface area contributed by atoms with E-state index in [0.29, 0.717) is 12.0 Å². The number of rotatable bonds is 3. The summed E-state index contributed by atoms with van der Waals surface area (Å²) in [5.74, 6) is 0. The Balaban J connectivity index is 2.74. The van der Waals surface area contributed by atoms with E-state index in [2.05, 4.69) is 30.8 Å². The maximum atomic E-state index is 8.23. The van der Waals surface area contributed by atoms with E-state index in [1.165, 1.54) is 30.4 Å². The first-order valence-corrected chi connectivity index (χ1v) is 5.28. The van der Waals surface area contributed by atoms with E-state index in [9.17, 15) is 0 Å². The van der Waals surface area contributed by atoms with E-state index in [0.717, 1.165) is 6.42 Å². The van der Waals surface area contributed by atoms with Crippen LogP contribution < -0.4 is 0 Å². The Morgan fingerprint density at radius 3 is 2.79 bits per heavy atom. The van der Waals surface area contributed by atoms with Gasteiger partial charge in [0.2, 0.25) is 0 Å². The summed E-state index contributed by atoms with van der Waals surface area (Å²) in [5.41, 5.74) is 11.6. The Hall–Kier alpha value is -0.950. The van der Waals surface area contributed by atoms with E-state index in [1.807, 2.05) is 0 Å². The Bertz CT molecular complexity index is 283. The quantitative estimate of drug-likeness (QED) is 0.279. The molecule has 0 spiro atoms. The standard InChI is InChI=1S/C11H19N3/c1-9-5-4-7-11(2,3)10(9)6-8-13-14-12/h4-8H2,1-3H3. The molecule has 0 amide bonds. The predicted octanol–water partition coefficient (Wildman–Crippen LogP) is 4.21. The Morgan fingerprint density at radius 1 is 1.50 bits per heavy atom. The van der Waals surface area contributed by atoms with Crippen molar-refractivity contribution >= 4 is 0 Å². The van der Waals surface area contributed by atoms with Gasteiger partial charge in [-0.1, -0.05) is 30.1 Å². The molecule has 0 radical (unpaired) electrons. The highest BCUT2D eigenvalue weighted by Crippen LogP contribution is 2.41. The Morgan fingerprint density at radius 2 is 2.21 bits per heavy atom. The smallest absolute Gasteiger partial charge is 0.0295 e. The molecule has 14 heavy (non-hydrogen) atoms. The average Bonchev–Trinajstić information content (AvgIpc) is 2.09. The second-order valence-electron chi connectivity index (χ2n) is 4.70. The minimum Gasteiger partial charge on any atom is -0.0936 e. The third-order valence-electron chi connectivity index (χ3n) is 3.21. The lowest BCUT2D eigenvalue weighted by Gasteiger charge is -2.34. The molecule has 0 atom stereocenters. The van der Waals surface area contributed by atoms with Crippen molar-refractivity contribution in [2.24, 2.45) is 10.5 Å². The van der Waals surface area contributed by atoms with Gasteiger partial charge in [0.1, 0.15) is 0 Å². The minimum atomic E-state index is 0.313. The lowest BCUT2D eigenvalue weighted by molar-refractivity contribution is 0.355. The molecule has 0 unspecified atom stereocenters. The molecule has 3 heteroatoms. The van der Waals surface area contributed by atoms with Crippen LogP contribution in [0.25, 0.3) is 10.4 Å². The van der Waals surface area contributed by atoms with Crippen LogP contribution in [-0.4, -0.2) is 6.54 Å². The van der Waals surface area contributed by atoms with Gasteiger partial charge in [-0.05, 0) is 43.6 Å². The van der Waals surface area contributed by atoms with E-state index >= 15 is 0 Å². The molecule has 0 aromatic rings. The molecule has 0 saturated heterocycles. The van der Waals surface area contributed by atoms with Crippen molar-refractivity contribution in [1.29, 1.82) is 0 Å². The zero-order chi connectivity index (χ0) is 10.6. The van der Waals surface area contributed by atoms with E-state index < -0.39 is 0 Å². The van der Waals surface area contributed by atoms with Crippen LogP contribution >= 0.6 is 0 Å². The first-order chi connectivity index (χ1) is 6.58. The Kier molecular flexibility index (Phi) is 3.59. The van der Waals surface area contributed by atoms with Gasteiger partial charge < -0.3 is 0 Å². The fraction of sp³-hybridized carbons (Fsp3) is 0.818. The highest BCUT2D eigenvalue weighted by atomic mass is 15.1. The largest absolute Gasteiger partial charge is 0.0936 e. The van der Waals surface area contributed by atoms with E-state index in [4.69, 9.17) is 5.53 Å². The Labute approximate surface area is 85.8 Å². The summed E-state index contributed by atoms with van der Waals surface area (Å²) >= 11 is 0. The van der Waals surface area contributed by atoms with Gasteiger partial charge >= 0.3 is 0 Å². The first-order valence-electron chi connectivity index (χ1n) is 5.28. The molecular weight excluding hydrogens is 174 g/mol. The maximum absolute atomic E-state index is 8.23. The molecule has 0 aromatic heterocycles. The van der Waals surface area contributed by atoms with Gasteiger partial charge in [0.15, 0.2) is 0 Å². The van der Waals surface area contributed by atoms with Gasteiger partial charge in [-0.15, -0.1) is 0 Å². The van der Waals surface area contributed by atoms with Crippen LogP contribution in [0.1, 0.15) is 46.5 Å². The van der Waals surface area contributed by atoms with Crippen molar-refractivity contribution in [2.45, 2.75) is 46.5 Å². The van der Waals surface area contributed by atoms with Gasteiger partial charge in [0, 0.05) is 11.5 Å². The number of allylic oxidation sites excluding steroid dienone is 1. The summed E-state index contributed by atoms with van der Waals surface area (Å²) in [6.07, 6.45) is 4.71. The fourth-order valence-electron chi connectivity index (χ4n) is 2.43. The zero-order valence-electron chi connectivity index (χ0n) is 9.38. The molecule has 0 heterocycles. The molecule has 1 aliphatic rings. The molecule has 1 rings (SSSR count). The van der Waals surface area contributed by atoms with Crippen molar-refractivity contribution < 1.29 is 0 Å². The molecule has 0 saturated carbocycles. The van der Waals surface area contributed by atoms with E-state index in [1.54, 1.807) is 0 Å². The topological polar surface area (TPSA) is 48.8 Å². The predicted molar refractivity (Wildman–Crippen MR) is 59.0 cm³/mol. The summed E-state index contributed by atoms with van der Waals surface area (Å²) in [4.78, 5) is 2.80. The van der Waals surface area contributed by atoms with Crippen LogP contribution in [0.3, 0.4) is 0 Å². The summed E-state index contributed by atoms with van der Waals surface area (Å²) in [7, 11) is 0. The van der Waals surface area contributed by atoms with Crippen molar-refractivity contribution in [3.63, 3.8) is 0 Å². The molecule has 78 valence electrons.